The SMILES string of the molecule is CCCNCCOc1cc(C)cc([N+](=O)[O-])c1. The van der Waals surface area contributed by atoms with Gasteiger partial charge < -0.3 is 10.1 Å². The smallest absolute Gasteiger partial charge is 0.273 e. The van der Waals surface area contributed by atoms with Gasteiger partial charge in [0.25, 0.3) is 5.69 Å². The zero-order valence-corrected chi connectivity index (χ0v) is 10.2. The topological polar surface area (TPSA) is 64.4 Å². The van der Waals surface area contributed by atoms with Crippen molar-refractivity contribution < 1.29 is 9.66 Å². The Labute approximate surface area is 101 Å². The molecular weight excluding hydrogens is 220 g/mol. The molecule has 0 aliphatic rings. The van der Waals surface area contributed by atoms with E-state index in [2.05, 4.69) is 12.2 Å². The van der Waals surface area contributed by atoms with Crippen LogP contribution in [0.15, 0.2) is 18.2 Å². The van der Waals surface area contributed by atoms with Crippen molar-refractivity contribution >= 4 is 5.69 Å². The summed E-state index contributed by atoms with van der Waals surface area (Å²) in [6.07, 6.45) is 1.08. The van der Waals surface area contributed by atoms with E-state index >= 15 is 0 Å². The van der Waals surface area contributed by atoms with Crippen molar-refractivity contribution in [3.05, 3.63) is 33.9 Å². The monoisotopic (exact) mass is 238 g/mol. The number of hydrogen-bond acceptors (Lipinski definition) is 4. The largest absolute Gasteiger partial charge is 0.492 e. The third-order valence-electron chi connectivity index (χ3n) is 2.22. The second-order valence-corrected chi connectivity index (χ2v) is 3.86. The fourth-order valence-corrected chi connectivity index (χ4v) is 1.46. The molecule has 1 aromatic carbocycles. The Hall–Kier alpha value is -1.62. The van der Waals surface area contributed by atoms with Crippen LogP contribution in [0.2, 0.25) is 0 Å². The zero-order chi connectivity index (χ0) is 12.7. The molecule has 0 aliphatic heterocycles. The molecule has 0 unspecified atom stereocenters. The maximum atomic E-state index is 10.7. The Balaban J connectivity index is 2.50. The zero-order valence-electron chi connectivity index (χ0n) is 10.2. The second-order valence-electron chi connectivity index (χ2n) is 3.86. The van der Waals surface area contributed by atoms with Crippen LogP contribution < -0.4 is 10.1 Å². The van der Waals surface area contributed by atoms with Crippen LogP contribution in [0, 0.1) is 17.0 Å². The first-order valence-electron chi connectivity index (χ1n) is 5.73. The van der Waals surface area contributed by atoms with Crippen molar-refractivity contribution in [1.82, 2.24) is 5.32 Å². The lowest BCUT2D eigenvalue weighted by molar-refractivity contribution is -0.385. The number of nitro benzene ring substituents is 1. The fourth-order valence-electron chi connectivity index (χ4n) is 1.46. The van der Waals surface area contributed by atoms with Gasteiger partial charge in [-0.15, -0.1) is 0 Å². The average Bonchev–Trinajstić information content (AvgIpc) is 2.28. The minimum Gasteiger partial charge on any atom is -0.492 e. The molecular formula is C12H18N2O3. The maximum absolute atomic E-state index is 10.7. The third kappa shape index (κ3) is 4.82. The molecule has 0 heterocycles. The lowest BCUT2D eigenvalue weighted by Crippen LogP contribution is -2.21. The minimum atomic E-state index is -0.408. The molecule has 0 amide bonds. The van der Waals surface area contributed by atoms with E-state index < -0.39 is 4.92 Å². The van der Waals surface area contributed by atoms with Crippen molar-refractivity contribution in [3.63, 3.8) is 0 Å². The van der Waals surface area contributed by atoms with Gasteiger partial charge in [-0.1, -0.05) is 6.92 Å². The summed E-state index contributed by atoms with van der Waals surface area (Å²) in [7, 11) is 0. The summed E-state index contributed by atoms with van der Waals surface area (Å²) >= 11 is 0. The summed E-state index contributed by atoms with van der Waals surface area (Å²) in [6.45, 7) is 6.13. The Morgan fingerprint density at radius 3 is 2.76 bits per heavy atom. The number of nitrogens with zero attached hydrogens (tertiary/aromatic N) is 1. The Bertz CT molecular complexity index is 380. The average molecular weight is 238 g/mol. The highest BCUT2D eigenvalue weighted by Gasteiger charge is 2.08. The molecule has 0 bridgehead atoms. The molecule has 0 aliphatic carbocycles. The van der Waals surface area contributed by atoms with Crippen LogP contribution in [0.5, 0.6) is 5.75 Å². The number of rotatable bonds is 7. The molecule has 0 saturated carbocycles. The fraction of sp³-hybridized carbons (Fsp3) is 0.500. The molecule has 0 spiro atoms. The Morgan fingerprint density at radius 2 is 2.12 bits per heavy atom. The highest BCUT2D eigenvalue weighted by atomic mass is 16.6. The van der Waals surface area contributed by atoms with Crippen LogP contribution in [0.1, 0.15) is 18.9 Å². The number of nitrogens with one attached hydrogen (secondary N) is 1. The normalized spacial score (nSPS) is 10.2. The number of aryl methyl sites for hydroxylation is 1. The lowest BCUT2D eigenvalue weighted by atomic mass is 10.2. The summed E-state index contributed by atoms with van der Waals surface area (Å²) in [6, 6.07) is 4.78. The minimum absolute atomic E-state index is 0.0708. The van der Waals surface area contributed by atoms with Gasteiger partial charge >= 0.3 is 0 Å². The van der Waals surface area contributed by atoms with Crippen LogP contribution in [-0.2, 0) is 0 Å². The molecule has 0 saturated heterocycles. The van der Waals surface area contributed by atoms with Crippen molar-refractivity contribution in [1.29, 1.82) is 0 Å². The van der Waals surface area contributed by atoms with Gasteiger partial charge in [-0.3, -0.25) is 10.1 Å². The van der Waals surface area contributed by atoms with Gasteiger partial charge in [0, 0.05) is 12.6 Å². The summed E-state index contributed by atoms with van der Waals surface area (Å²) in [5, 5.41) is 13.9. The van der Waals surface area contributed by atoms with Gasteiger partial charge in [0.05, 0.1) is 11.0 Å². The van der Waals surface area contributed by atoms with Crippen LogP contribution in [-0.4, -0.2) is 24.6 Å². The molecule has 1 N–H and O–H groups in total. The molecule has 1 rings (SSSR count). The van der Waals surface area contributed by atoms with E-state index in [9.17, 15) is 10.1 Å². The number of nitro groups is 1. The van der Waals surface area contributed by atoms with E-state index in [1.807, 2.05) is 6.92 Å². The summed E-state index contributed by atoms with van der Waals surface area (Å²) in [4.78, 5) is 10.3. The first-order chi connectivity index (χ1) is 8.13. The molecule has 0 aromatic heterocycles. The quantitative estimate of drug-likeness (QED) is 0.449. The van der Waals surface area contributed by atoms with E-state index in [1.54, 1.807) is 6.07 Å². The van der Waals surface area contributed by atoms with Gasteiger partial charge in [0.15, 0.2) is 0 Å². The van der Waals surface area contributed by atoms with Gasteiger partial charge in [0.1, 0.15) is 12.4 Å². The maximum Gasteiger partial charge on any atom is 0.273 e. The summed E-state index contributed by atoms with van der Waals surface area (Å²) in [5.41, 5.74) is 0.900. The summed E-state index contributed by atoms with van der Waals surface area (Å²) < 4.78 is 5.46. The lowest BCUT2D eigenvalue weighted by Gasteiger charge is -2.07. The molecule has 0 atom stereocenters. The van der Waals surface area contributed by atoms with Crippen LogP contribution >= 0.6 is 0 Å². The first-order valence-corrected chi connectivity index (χ1v) is 5.73. The number of ether oxygens (including phenoxy) is 1. The molecule has 5 nitrogen and oxygen atoms in total. The molecule has 0 fully saturated rings. The summed E-state index contributed by atoms with van der Waals surface area (Å²) in [5.74, 6) is 0.551. The van der Waals surface area contributed by atoms with Crippen molar-refractivity contribution in [3.8, 4) is 5.75 Å². The molecule has 1 aromatic rings. The van der Waals surface area contributed by atoms with E-state index in [0.717, 1.165) is 25.1 Å². The van der Waals surface area contributed by atoms with Gasteiger partial charge in [0.2, 0.25) is 0 Å². The van der Waals surface area contributed by atoms with Crippen LogP contribution in [0.4, 0.5) is 5.69 Å². The van der Waals surface area contributed by atoms with Crippen LogP contribution in [0.3, 0.4) is 0 Å². The van der Waals surface area contributed by atoms with Crippen molar-refractivity contribution in [2.75, 3.05) is 19.7 Å². The van der Waals surface area contributed by atoms with Gasteiger partial charge in [-0.25, -0.2) is 0 Å². The van der Waals surface area contributed by atoms with E-state index in [-0.39, 0.29) is 5.69 Å². The van der Waals surface area contributed by atoms with Crippen molar-refractivity contribution in [2.45, 2.75) is 20.3 Å². The number of non-ortho nitro benzene ring substituents is 1. The third-order valence-corrected chi connectivity index (χ3v) is 2.22. The van der Waals surface area contributed by atoms with Crippen molar-refractivity contribution in [2.24, 2.45) is 0 Å². The molecule has 0 radical (unpaired) electrons. The molecule has 5 heteroatoms. The predicted molar refractivity (Wildman–Crippen MR) is 66.5 cm³/mol. The van der Waals surface area contributed by atoms with Crippen LogP contribution in [0.25, 0.3) is 0 Å². The number of hydrogen-bond donors (Lipinski definition) is 1. The van der Waals surface area contributed by atoms with Gasteiger partial charge in [-0.05, 0) is 31.5 Å². The van der Waals surface area contributed by atoms with E-state index in [4.69, 9.17) is 4.74 Å². The standard InChI is InChI=1S/C12H18N2O3/c1-3-4-13-5-6-17-12-8-10(2)7-11(9-12)14(15)16/h7-9,13H,3-6H2,1-2H3. The second kappa shape index (κ2) is 6.85. The molecule has 94 valence electrons. The first kappa shape index (κ1) is 13.4. The highest BCUT2D eigenvalue weighted by molar-refractivity contribution is 5.42. The Kier molecular flexibility index (Phi) is 5.42. The van der Waals surface area contributed by atoms with E-state index in [0.29, 0.717) is 12.4 Å². The number of benzene rings is 1. The van der Waals surface area contributed by atoms with E-state index in [1.165, 1.54) is 12.1 Å². The molecule has 17 heavy (non-hydrogen) atoms. The van der Waals surface area contributed by atoms with Gasteiger partial charge in [-0.2, -0.15) is 0 Å². The predicted octanol–water partition coefficient (Wildman–Crippen LogP) is 2.28. The highest BCUT2D eigenvalue weighted by Crippen LogP contribution is 2.22. The Morgan fingerprint density at radius 1 is 1.35 bits per heavy atom.